The lowest BCUT2D eigenvalue weighted by molar-refractivity contribution is -0.667. The first-order valence-corrected chi connectivity index (χ1v) is 27.6. The lowest BCUT2D eigenvalue weighted by atomic mass is 9.42. The van der Waals surface area contributed by atoms with E-state index in [-0.39, 0.29) is 131 Å². The van der Waals surface area contributed by atoms with E-state index < -0.39 is 46.6 Å². The number of fused-ring (bicyclic) bond motifs is 10. The van der Waals surface area contributed by atoms with E-state index in [4.69, 9.17) is 38.5 Å². The molecule has 16 heteroatoms. The summed E-state index contributed by atoms with van der Waals surface area (Å²) < 4.78 is 25.3. The summed E-state index contributed by atoms with van der Waals surface area (Å²) >= 11 is 0. The molecule has 12 unspecified atom stereocenters. The van der Waals surface area contributed by atoms with Crippen LogP contribution in [0.15, 0.2) is 0 Å². The molecule has 0 aromatic heterocycles. The molecule has 8 aliphatic carbocycles. The quantitative estimate of drug-likeness (QED) is 0.106. The monoisotopic (exact) mass is 1010 g/mol. The zero-order valence-electron chi connectivity index (χ0n) is 44.6. The van der Waals surface area contributed by atoms with Gasteiger partial charge in [0, 0.05) is 88.9 Å². The van der Waals surface area contributed by atoms with Crippen LogP contribution in [0.4, 0.5) is 0 Å². The summed E-state index contributed by atoms with van der Waals surface area (Å²) in [6.07, 6.45) is 8.87. The Labute approximate surface area is 425 Å². The van der Waals surface area contributed by atoms with E-state index in [1.807, 2.05) is 0 Å². The average Bonchev–Trinajstić information content (AvgIpc) is 3.85. The van der Waals surface area contributed by atoms with E-state index >= 15 is 0 Å². The van der Waals surface area contributed by atoms with Crippen molar-refractivity contribution in [3.05, 3.63) is 0 Å². The lowest BCUT2D eigenvalue weighted by Crippen LogP contribution is -2.66. The number of esters is 4. The van der Waals surface area contributed by atoms with Crippen LogP contribution < -0.4 is 0 Å². The lowest BCUT2D eigenvalue weighted by Gasteiger charge is -2.66. The molecule has 9 fully saturated rings. The molecule has 8 saturated carbocycles. The second-order valence-electron chi connectivity index (χ2n) is 25.9. The molecular formula is C56H84O16. The highest BCUT2D eigenvalue weighted by Gasteiger charge is 2.72. The van der Waals surface area contributed by atoms with Crippen molar-refractivity contribution >= 4 is 35.8 Å². The van der Waals surface area contributed by atoms with Gasteiger partial charge in [0.15, 0.2) is 0 Å². The van der Waals surface area contributed by atoms with Crippen molar-refractivity contribution in [3.8, 4) is 0 Å². The van der Waals surface area contributed by atoms with Crippen LogP contribution in [-0.4, -0.2) is 82.0 Å². The van der Waals surface area contributed by atoms with Gasteiger partial charge < -0.3 is 29.2 Å². The van der Waals surface area contributed by atoms with E-state index in [2.05, 4.69) is 41.5 Å². The predicted octanol–water partition coefficient (Wildman–Crippen LogP) is 9.78. The molecule has 1 heterocycles. The normalized spacial score (nSPS) is 47.8. The number of ether oxygens (including phenoxy) is 4. The number of carbonyl (C=O) groups excluding carboxylic acids is 4. The van der Waals surface area contributed by atoms with E-state index in [0.29, 0.717) is 77.0 Å². The fourth-order valence-corrected chi connectivity index (χ4v) is 19.3. The zero-order valence-corrected chi connectivity index (χ0v) is 44.6. The molecule has 404 valence electrons. The van der Waals surface area contributed by atoms with Gasteiger partial charge in [-0.15, -0.1) is 0 Å². The number of carbonyl (C=O) groups is 6. The molecule has 2 N–H and O–H groups in total. The summed E-state index contributed by atoms with van der Waals surface area (Å²) in [5.74, 6) is -4.67. The Balaban J connectivity index is 0.934. The number of carboxylic acid groups (broad SMARTS) is 2. The van der Waals surface area contributed by atoms with E-state index in [9.17, 15) is 39.0 Å². The van der Waals surface area contributed by atoms with Gasteiger partial charge in [-0.05, 0) is 147 Å². The van der Waals surface area contributed by atoms with Gasteiger partial charge in [0.2, 0.25) is 11.6 Å². The second kappa shape index (κ2) is 19.3. The van der Waals surface area contributed by atoms with Crippen LogP contribution >= 0.6 is 0 Å². The predicted molar refractivity (Wildman–Crippen MR) is 256 cm³/mol. The van der Waals surface area contributed by atoms with Crippen molar-refractivity contribution < 1.29 is 77.5 Å². The maximum Gasteiger partial charge on any atom is 0.303 e. The Bertz CT molecular complexity index is 1970. The molecule has 1 aliphatic heterocycles. The Morgan fingerprint density at radius 3 is 1.17 bits per heavy atom. The second-order valence-corrected chi connectivity index (χ2v) is 25.9. The first kappa shape index (κ1) is 53.5. The zero-order chi connectivity index (χ0) is 52.1. The Morgan fingerprint density at radius 1 is 0.500 bits per heavy atom. The minimum atomic E-state index is -1.22. The van der Waals surface area contributed by atoms with Crippen LogP contribution in [-0.2, 0) is 67.3 Å². The topological polar surface area (TPSA) is 217 Å². The molecule has 0 radical (unpaired) electrons. The van der Waals surface area contributed by atoms with Gasteiger partial charge >= 0.3 is 35.8 Å². The minimum absolute atomic E-state index is 0.0220. The van der Waals surface area contributed by atoms with E-state index in [1.165, 1.54) is 27.7 Å². The first-order valence-electron chi connectivity index (χ1n) is 27.6. The molecule has 0 aromatic rings. The highest BCUT2D eigenvalue weighted by molar-refractivity contribution is 5.68. The van der Waals surface area contributed by atoms with E-state index in [1.54, 1.807) is 0 Å². The standard InChI is InChI=1S/C56H84O16/c1-29(11-17-47(61)62)37-13-15-39-49-41(25-45(53(37,39)9)67-33(5)59)51(7)19-21-55(27-35(51)23-43(49)65-31(3)57)69-71-56(72-70-55)22-20-52(8)36(28-56)24-44(66-32(4)58)50-40-16-14-38(30(2)12-18-48(63)64)54(40,10)46(26-42(50)52)68-34(6)60/h29-30,35-46,49-50H,11-28H2,1-10H3,(H,61,62)(H,63,64)/t29?,30?,35-,36-,37?,38?,39?,40?,41?,42?,43?,44?,45+,46+,49?,50?,51+,52+,53-,54-,55?,56?/m1/s1. The van der Waals surface area contributed by atoms with Crippen molar-refractivity contribution in [2.24, 2.45) is 92.7 Å². The van der Waals surface area contributed by atoms with Crippen molar-refractivity contribution in [2.45, 2.75) is 221 Å². The molecule has 20 atom stereocenters. The minimum Gasteiger partial charge on any atom is -0.481 e. The summed E-state index contributed by atoms with van der Waals surface area (Å²) in [5, 5.41) is 19.1. The molecule has 0 aromatic carbocycles. The molecule has 0 amide bonds. The van der Waals surface area contributed by atoms with Crippen LogP contribution in [0.1, 0.15) is 185 Å². The van der Waals surface area contributed by atoms with Crippen LogP contribution in [0.5, 0.6) is 0 Å². The smallest absolute Gasteiger partial charge is 0.303 e. The molecule has 0 bridgehead atoms. The van der Waals surface area contributed by atoms with Crippen LogP contribution in [0, 0.1) is 92.7 Å². The van der Waals surface area contributed by atoms with Gasteiger partial charge in [-0.2, -0.15) is 19.6 Å². The fraction of sp³-hybridized carbons (Fsp3) is 0.893. The number of carboxylic acids is 2. The maximum absolute atomic E-state index is 13.0. The third kappa shape index (κ3) is 9.00. The van der Waals surface area contributed by atoms with Crippen molar-refractivity contribution in [3.63, 3.8) is 0 Å². The molecular weight excluding hydrogens is 929 g/mol. The average molecular weight is 1010 g/mol. The van der Waals surface area contributed by atoms with Crippen molar-refractivity contribution in [1.29, 1.82) is 0 Å². The van der Waals surface area contributed by atoms with Gasteiger partial charge in [-0.1, -0.05) is 41.5 Å². The van der Waals surface area contributed by atoms with Crippen LogP contribution in [0.2, 0.25) is 0 Å². The largest absolute Gasteiger partial charge is 0.481 e. The number of hydrogen-bond donors (Lipinski definition) is 2. The molecule has 9 aliphatic rings. The number of aliphatic carboxylic acids is 2. The van der Waals surface area contributed by atoms with Crippen LogP contribution in [0.3, 0.4) is 0 Å². The summed E-state index contributed by atoms with van der Waals surface area (Å²) in [6, 6.07) is 0. The Kier molecular flexibility index (Phi) is 14.4. The highest BCUT2D eigenvalue weighted by atomic mass is 17.4. The Morgan fingerprint density at radius 2 is 0.847 bits per heavy atom. The molecule has 9 rings (SSSR count). The van der Waals surface area contributed by atoms with Gasteiger partial charge in [-0.3, -0.25) is 28.8 Å². The summed E-state index contributed by atoms with van der Waals surface area (Å²) in [4.78, 5) is 101. The molecule has 1 saturated heterocycles. The molecule has 72 heavy (non-hydrogen) atoms. The first-order chi connectivity index (χ1) is 33.8. The summed E-state index contributed by atoms with van der Waals surface area (Å²) in [5.41, 5.74) is -1.36. The van der Waals surface area contributed by atoms with Gasteiger partial charge in [0.05, 0.1) is 0 Å². The van der Waals surface area contributed by atoms with Crippen molar-refractivity contribution in [1.82, 2.24) is 0 Å². The maximum atomic E-state index is 13.0. The number of hydrogen-bond acceptors (Lipinski definition) is 14. The summed E-state index contributed by atoms with van der Waals surface area (Å²) in [6.45, 7) is 19.2. The SMILES string of the molecule is CC(=O)OC1C[C@@H]2CC3(CC[C@]2(C)C2C[C@H](OC(C)=O)[C@]4(C)C(C(C)CCC(=O)O)CCC4C12)OOC1(CC[C@]2(C)C4C[C@H](OC(C)=O)[C@]5(C)C(C(C)CCC(=O)O)CCC5C4C(OC(C)=O)C[C@@H]2C1)OO3. The summed E-state index contributed by atoms with van der Waals surface area (Å²) in [7, 11) is 0. The van der Waals surface area contributed by atoms with Crippen LogP contribution in [0.25, 0.3) is 0 Å². The van der Waals surface area contributed by atoms with Crippen molar-refractivity contribution in [2.75, 3.05) is 0 Å². The fourth-order valence-electron chi connectivity index (χ4n) is 19.3. The molecule has 16 nitrogen and oxygen atoms in total. The number of rotatable bonds is 12. The third-order valence-electron chi connectivity index (χ3n) is 22.6. The van der Waals surface area contributed by atoms with E-state index in [0.717, 1.165) is 25.7 Å². The Hall–Kier alpha value is -3.34. The van der Waals surface area contributed by atoms with Gasteiger partial charge in [-0.25, -0.2) is 0 Å². The molecule has 2 spiro atoms. The highest BCUT2D eigenvalue weighted by Crippen LogP contribution is 2.73. The van der Waals surface area contributed by atoms with Gasteiger partial charge in [0.1, 0.15) is 24.4 Å². The van der Waals surface area contributed by atoms with Gasteiger partial charge in [0.25, 0.3) is 0 Å². The third-order valence-corrected chi connectivity index (χ3v) is 22.6.